The highest BCUT2D eigenvalue weighted by molar-refractivity contribution is 8.56. The molecule has 2 aliphatic heterocycles. The third-order valence-electron chi connectivity index (χ3n) is 6.59. The van der Waals surface area contributed by atoms with Crippen LogP contribution in [0.2, 0.25) is 0 Å². The van der Waals surface area contributed by atoms with E-state index in [-0.39, 0.29) is 35.4 Å². The van der Waals surface area contributed by atoms with Crippen molar-refractivity contribution in [2.75, 3.05) is 25.2 Å². The van der Waals surface area contributed by atoms with Crippen LogP contribution in [0, 0.1) is 0 Å². The van der Waals surface area contributed by atoms with Crippen LogP contribution in [0.1, 0.15) is 31.7 Å². The quantitative estimate of drug-likeness (QED) is 0.221. The minimum absolute atomic E-state index is 0.0761. The topological polar surface area (TPSA) is 193 Å². The standard InChI is InChI=1S/C23H29N6O8PS/c1-12(13-7-5-4-6-8-13)36-20(31)14-10-39-38(33,28-14)35-9-15-17(30)23(2,32)21(37-15)29-11-25-16-18(29)26-22(24)27-19(16)34-3/h4-8,11-12,14-15,17,21,30,32H,9-10H2,1-3H3,(H,28,33)(H2,24,26,27)/t12-,14+,15?,17-,21-,23-,38?/m1/s1. The maximum absolute atomic E-state index is 13.3. The number of methoxy groups -OCH3 is 1. The number of imidazole rings is 1. The van der Waals surface area contributed by atoms with E-state index in [4.69, 9.17) is 24.5 Å². The first-order valence-electron chi connectivity index (χ1n) is 12.0. The van der Waals surface area contributed by atoms with E-state index in [0.717, 1.165) is 16.9 Å². The molecule has 0 radical (unpaired) electrons. The van der Waals surface area contributed by atoms with Gasteiger partial charge in [0.15, 0.2) is 17.4 Å². The number of fused-ring (bicyclic) bond motifs is 1. The zero-order valence-corrected chi connectivity index (χ0v) is 23.0. The molecule has 0 spiro atoms. The van der Waals surface area contributed by atoms with E-state index in [1.54, 1.807) is 6.92 Å². The van der Waals surface area contributed by atoms with Crippen molar-refractivity contribution >= 4 is 41.2 Å². The van der Waals surface area contributed by atoms with Crippen molar-refractivity contribution in [3.63, 3.8) is 0 Å². The molecule has 1 aromatic carbocycles. The smallest absolute Gasteiger partial charge is 0.327 e. The van der Waals surface area contributed by atoms with Crippen LogP contribution in [0.5, 0.6) is 5.88 Å². The van der Waals surface area contributed by atoms with Crippen molar-refractivity contribution in [3.8, 4) is 5.88 Å². The lowest BCUT2D eigenvalue weighted by molar-refractivity contribution is -0.150. The number of carbonyl (C=O) groups excluding carboxylic acids is 1. The molecule has 2 aromatic heterocycles. The van der Waals surface area contributed by atoms with Crippen molar-refractivity contribution in [1.82, 2.24) is 24.6 Å². The van der Waals surface area contributed by atoms with Gasteiger partial charge in [-0.15, -0.1) is 0 Å². The average molecular weight is 581 g/mol. The Hall–Kier alpha value is -2.78. The lowest BCUT2D eigenvalue weighted by Crippen LogP contribution is -2.44. The first-order chi connectivity index (χ1) is 18.5. The number of aromatic nitrogens is 4. The number of carbonyl (C=O) groups is 1. The van der Waals surface area contributed by atoms with E-state index >= 15 is 0 Å². The van der Waals surface area contributed by atoms with Crippen molar-refractivity contribution in [3.05, 3.63) is 42.2 Å². The zero-order chi connectivity index (χ0) is 27.9. The van der Waals surface area contributed by atoms with Gasteiger partial charge in [0.1, 0.15) is 30.0 Å². The molecule has 2 aliphatic rings. The molecule has 0 aliphatic carbocycles. The largest absolute Gasteiger partial charge is 0.479 e. The summed E-state index contributed by atoms with van der Waals surface area (Å²) in [7, 11) is 1.41. The predicted octanol–water partition coefficient (Wildman–Crippen LogP) is 1.56. The predicted molar refractivity (Wildman–Crippen MR) is 141 cm³/mol. The van der Waals surface area contributed by atoms with Crippen molar-refractivity contribution in [1.29, 1.82) is 0 Å². The molecule has 16 heteroatoms. The van der Waals surface area contributed by atoms with Crippen LogP contribution in [0.4, 0.5) is 5.95 Å². The molecular weight excluding hydrogens is 551 g/mol. The Labute approximate surface area is 227 Å². The summed E-state index contributed by atoms with van der Waals surface area (Å²) in [5.41, 5.74) is 5.33. The van der Waals surface area contributed by atoms with E-state index in [1.807, 2.05) is 30.3 Å². The Morgan fingerprint density at radius 3 is 2.85 bits per heavy atom. The number of hydrogen-bond donors (Lipinski definition) is 4. The molecule has 2 fully saturated rings. The van der Waals surface area contributed by atoms with Gasteiger partial charge in [0.05, 0.1) is 20.0 Å². The highest BCUT2D eigenvalue weighted by Gasteiger charge is 2.54. The Kier molecular flexibility index (Phi) is 7.59. The average Bonchev–Trinajstić information content (AvgIpc) is 3.57. The lowest BCUT2D eigenvalue weighted by atomic mass is 9.96. The number of esters is 1. The van der Waals surface area contributed by atoms with Gasteiger partial charge in [0.2, 0.25) is 11.8 Å². The van der Waals surface area contributed by atoms with Gasteiger partial charge in [-0.05, 0) is 19.4 Å². The fourth-order valence-corrected chi connectivity index (χ4v) is 8.33. The number of nitrogen functional groups attached to an aromatic ring is 1. The van der Waals surface area contributed by atoms with Crippen LogP contribution >= 0.6 is 18.1 Å². The summed E-state index contributed by atoms with van der Waals surface area (Å²) in [6, 6.07) is 8.43. The van der Waals surface area contributed by atoms with E-state index in [9.17, 15) is 19.6 Å². The monoisotopic (exact) mass is 580 g/mol. The fraction of sp³-hybridized carbons (Fsp3) is 0.478. The second kappa shape index (κ2) is 10.7. The molecule has 5 rings (SSSR count). The SMILES string of the molecule is COc1nc(N)nc2c1ncn2[C@@H]1OC(COP2(=O)N[C@H](C(=O)O[C@H](C)c3ccccc3)CS2)[C@@H](O)[C@@]1(C)O. The molecule has 0 bridgehead atoms. The Morgan fingerprint density at radius 2 is 2.13 bits per heavy atom. The van der Waals surface area contributed by atoms with Crippen molar-refractivity contribution in [2.45, 2.75) is 50.0 Å². The number of aliphatic hydroxyl groups excluding tert-OH is 1. The summed E-state index contributed by atoms with van der Waals surface area (Å²) in [4.78, 5) is 25.0. The van der Waals surface area contributed by atoms with Crippen molar-refractivity contribution < 1.29 is 38.3 Å². The van der Waals surface area contributed by atoms with Gasteiger partial charge in [-0.3, -0.25) is 13.9 Å². The molecule has 2 unspecified atom stereocenters. The van der Waals surface area contributed by atoms with E-state index < -0.39 is 48.9 Å². The number of nitrogens with two attached hydrogens (primary N) is 1. The molecule has 39 heavy (non-hydrogen) atoms. The third kappa shape index (κ3) is 5.35. The summed E-state index contributed by atoms with van der Waals surface area (Å²) < 4.78 is 37.0. The minimum Gasteiger partial charge on any atom is -0.479 e. The van der Waals surface area contributed by atoms with E-state index in [2.05, 4.69) is 20.0 Å². The lowest BCUT2D eigenvalue weighted by Gasteiger charge is -2.27. The summed E-state index contributed by atoms with van der Waals surface area (Å²) in [5, 5.41) is 24.7. The number of benzene rings is 1. The minimum atomic E-state index is -3.53. The van der Waals surface area contributed by atoms with Crippen molar-refractivity contribution in [2.24, 2.45) is 0 Å². The summed E-state index contributed by atoms with van der Waals surface area (Å²) in [6.07, 6.45) is -2.75. The van der Waals surface area contributed by atoms with E-state index in [1.165, 1.54) is 24.9 Å². The van der Waals surface area contributed by atoms with Crippen LogP contribution in [-0.4, -0.2) is 79.0 Å². The third-order valence-corrected chi connectivity index (χ3v) is 10.6. The van der Waals surface area contributed by atoms with Gasteiger partial charge < -0.3 is 34.7 Å². The number of rotatable bonds is 8. The van der Waals surface area contributed by atoms with Gasteiger partial charge >= 0.3 is 12.7 Å². The number of nitrogens with one attached hydrogen (secondary N) is 1. The summed E-state index contributed by atoms with van der Waals surface area (Å²) in [6.45, 7) is -0.719. The molecule has 5 N–H and O–H groups in total. The first kappa shape index (κ1) is 27.8. The molecule has 7 atom stereocenters. The molecule has 2 saturated heterocycles. The van der Waals surface area contributed by atoms with Crippen LogP contribution in [0.25, 0.3) is 11.2 Å². The second-order valence-electron chi connectivity index (χ2n) is 9.37. The molecule has 210 valence electrons. The molecule has 3 aromatic rings. The number of ether oxygens (including phenoxy) is 3. The highest BCUT2D eigenvalue weighted by Crippen LogP contribution is 2.61. The molecular formula is C23H29N6O8PS. The molecule has 0 amide bonds. The highest BCUT2D eigenvalue weighted by atomic mass is 32.7. The Bertz CT molecular complexity index is 1410. The van der Waals surface area contributed by atoms with Gasteiger partial charge in [-0.2, -0.15) is 9.97 Å². The first-order valence-corrected chi connectivity index (χ1v) is 15.3. The maximum atomic E-state index is 13.3. The van der Waals surface area contributed by atoms with E-state index in [0.29, 0.717) is 0 Å². The number of nitrogens with zero attached hydrogens (tertiary/aromatic N) is 4. The zero-order valence-electron chi connectivity index (χ0n) is 21.3. The van der Waals surface area contributed by atoms with Crippen LogP contribution in [0.15, 0.2) is 36.7 Å². The van der Waals surface area contributed by atoms with Gasteiger partial charge in [0, 0.05) is 5.75 Å². The Balaban J connectivity index is 1.23. The van der Waals surface area contributed by atoms with Crippen LogP contribution in [-0.2, 0) is 23.4 Å². The van der Waals surface area contributed by atoms with Gasteiger partial charge in [0.25, 0.3) is 0 Å². The van der Waals surface area contributed by atoms with Gasteiger partial charge in [-0.25, -0.2) is 10.1 Å². The summed E-state index contributed by atoms with van der Waals surface area (Å²) in [5.74, 6) is -0.310. The summed E-state index contributed by atoms with van der Waals surface area (Å²) >= 11 is 0.956. The molecule has 0 saturated carbocycles. The normalized spacial score (nSPS) is 31.4. The maximum Gasteiger partial charge on any atom is 0.327 e. The second-order valence-corrected chi connectivity index (χ2v) is 13.7. The number of aliphatic hydroxyl groups is 2. The fourth-order valence-electron chi connectivity index (χ4n) is 4.45. The molecule has 4 heterocycles. The number of hydrogen-bond acceptors (Lipinski definition) is 13. The molecule has 14 nitrogen and oxygen atoms in total. The van der Waals surface area contributed by atoms with Crippen LogP contribution < -0.4 is 15.6 Å². The Morgan fingerprint density at radius 1 is 1.38 bits per heavy atom. The van der Waals surface area contributed by atoms with Crippen LogP contribution in [0.3, 0.4) is 0 Å². The van der Waals surface area contributed by atoms with Gasteiger partial charge in [-0.1, -0.05) is 41.7 Å². The number of anilines is 1.